The van der Waals surface area contributed by atoms with Crippen molar-refractivity contribution in [2.75, 3.05) is 20.5 Å². The third kappa shape index (κ3) is 2.52. The summed E-state index contributed by atoms with van der Waals surface area (Å²) in [4.78, 5) is 17.1. The molecule has 108 valence electrons. The van der Waals surface area contributed by atoms with Gasteiger partial charge in [0.2, 0.25) is 0 Å². The fourth-order valence-electron chi connectivity index (χ4n) is 2.01. The van der Waals surface area contributed by atoms with E-state index in [1.807, 2.05) is 24.5 Å². The monoisotopic (exact) mass is 302 g/mol. The van der Waals surface area contributed by atoms with Crippen LogP contribution >= 0.6 is 11.8 Å². The molecule has 0 aliphatic heterocycles. The Hall–Kier alpha value is -2.28. The van der Waals surface area contributed by atoms with Crippen LogP contribution in [0, 0.1) is 0 Å². The van der Waals surface area contributed by atoms with E-state index in [0.717, 1.165) is 21.7 Å². The molecule has 3 aromatic rings. The third-order valence-electron chi connectivity index (χ3n) is 3.06. The van der Waals surface area contributed by atoms with Crippen LogP contribution in [0.25, 0.3) is 22.6 Å². The Morgan fingerprint density at radius 3 is 2.71 bits per heavy atom. The number of nitrogens with one attached hydrogen (secondary N) is 1. The van der Waals surface area contributed by atoms with E-state index in [0.29, 0.717) is 17.5 Å². The van der Waals surface area contributed by atoms with Crippen molar-refractivity contribution in [2.24, 2.45) is 0 Å². The van der Waals surface area contributed by atoms with Gasteiger partial charge in [-0.15, -0.1) is 11.8 Å². The summed E-state index contributed by atoms with van der Waals surface area (Å²) in [5, 5.41) is 0. The Balaban J connectivity index is 2.11. The number of hydrogen-bond acceptors (Lipinski definition) is 6. The van der Waals surface area contributed by atoms with Gasteiger partial charge >= 0.3 is 6.01 Å². The molecule has 2 heterocycles. The summed E-state index contributed by atoms with van der Waals surface area (Å²) in [6, 6.07) is 6.29. The maximum absolute atomic E-state index is 5.45. The van der Waals surface area contributed by atoms with E-state index in [9.17, 15) is 0 Å². The highest BCUT2D eigenvalue weighted by atomic mass is 32.2. The first-order valence-electron chi connectivity index (χ1n) is 6.24. The fourth-order valence-corrected chi connectivity index (χ4v) is 2.44. The van der Waals surface area contributed by atoms with Gasteiger partial charge in [0.15, 0.2) is 5.65 Å². The molecule has 0 amide bonds. The van der Waals surface area contributed by atoms with Gasteiger partial charge in [0.1, 0.15) is 17.1 Å². The number of imidazole rings is 1. The number of benzene rings is 1. The highest BCUT2D eigenvalue weighted by Gasteiger charge is 2.13. The number of aromatic amines is 1. The first kappa shape index (κ1) is 13.7. The molecule has 2 aromatic heterocycles. The summed E-state index contributed by atoms with van der Waals surface area (Å²) in [5.74, 6) is 1.46. The lowest BCUT2D eigenvalue weighted by Crippen LogP contribution is -1.91. The van der Waals surface area contributed by atoms with Crippen LogP contribution in [-0.2, 0) is 0 Å². The molecule has 21 heavy (non-hydrogen) atoms. The zero-order valence-electron chi connectivity index (χ0n) is 11.9. The Morgan fingerprint density at radius 2 is 2.00 bits per heavy atom. The molecule has 1 aromatic carbocycles. The van der Waals surface area contributed by atoms with Crippen LogP contribution in [0.1, 0.15) is 0 Å². The van der Waals surface area contributed by atoms with E-state index in [1.165, 1.54) is 7.11 Å². The van der Waals surface area contributed by atoms with Crippen molar-refractivity contribution in [1.82, 2.24) is 19.9 Å². The van der Waals surface area contributed by atoms with Crippen LogP contribution in [0.15, 0.2) is 29.3 Å². The summed E-state index contributed by atoms with van der Waals surface area (Å²) in [6.07, 6.45) is 3.68. The van der Waals surface area contributed by atoms with Crippen LogP contribution < -0.4 is 9.47 Å². The predicted molar refractivity (Wildman–Crippen MR) is 82.0 cm³/mol. The van der Waals surface area contributed by atoms with Crippen molar-refractivity contribution in [3.8, 4) is 23.1 Å². The molecule has 1 N–H and O–H groups in total. The zero-order chi connectivity index (χ0) is 14.8. The number of hydrogen-bond donors (Lipinski definition) is 1. The standard InChI is InChI=1S/C14H14N4O2S/c1-19-11-6-8(21-3)4-5-9(11)12-16-10-7-15-14(20-2)18-13(10)17-12/h4-7H,1-3H3,(H,15,16,17,18). The molecule has 0 spiro atoms. The number of thioether (sulfide) groups is 1. The van der Waals surface area contributed by atoms with Gasteiger partial charge in [0.05, 0.1) is 26.0 Å². The number of ether oxygens (including phenoxy) is 2. The van der Waals surface area contributed by atoms with E-state index in [-0.39, 0.29) is 0 Å². The van der Waals surface area contributed by atoms with E-state index >= 15 is 0 Å². The van der Waals surface area contributed by atoms with Gasteiger partial charge in [-0.2, -0.15) is 4.98 Å². The Kier molecular flexibility index (Phi) is 3.66. The first-order valence-corrected chi connectivity index (χ1v) is 7.46. The van der Waals surface area contributed by atoms with Gasteiger partial charge in [-0.25, -0.2) is 9.97 Å². The van der Waals surface area contributed by atoms with Crippen LogP contribution in [0.2, 0.25) is 0 Å². The minimum Gasteiger partial charge on any atom is -0.496 e. The van der Waals surface area contributed by atoms with E-state index in [1.54, 1.807) is 25.1 Å². The molecule has 0 bridgehead atoms. The minimum atomic E-state index is 0.297. The zero-order valence-corrected chi connectivity index (χ0v) is 12.7. The summed E-state index contributed by atoms with van der Waals surface area (Å²) < 4.78 is 10.5. The van der Waals surface area contributed by atoms with Crippen molar-refractivity contribution in [2.45, 2.75) is 4.90 Å². The molecule has 0 unspecified atom stereocenters. The molecule has 0 fully saturated rings. The van der Waals surface area contributed by atoms with Gasteiger partial charge in [0.25, 0.3) is 0 Å². The number of aromatic nitrogens is 4. The number of methoxy groups -OCH3 is 2. The summed E-state index contributed by atoms with van der Waals surface area (Å²) in [6.45, 7) is 0. The Bertz CT molecular complexity index is 788. The molecule has 0 radical (unpaired) electrons. The second-order valence-electron chi connectivity index (χ2n) is 4.25. The van der Waals surface area contributed by atoms with E-state index in [4.69, 9.17) is 9.47 Å². The minimum absolute atomic E-state index is 0.297. The molecule has 0 atom stereocenters. The van der Waals surface area contributed by atoms with Gasteiger partial charge in [-0.05, 0) is 24.5 Å². The first-order chi connectivity index (χ1) is 10.2. The average molecular weight is 302 g/mol. The van der Waals surface area contributed by atoms with Crippen molar-refractivity contribution in [3.63, 3.8) is 0 Å². The number of H-pyrrole nitrogens is 1. The molecule has 0 saturated heterocycles. The van der Waals surface area contributed by atoms with Gasteiger partial charge in [0, 0.05) is 4.90 Å². The van der Waals surface area contributed by atoms with Gasteiger partial charge < -0.3 is 14.5 Å². The van der Waals surface area contributed by atoms with Crippen molar-refractivity contribution >= 4 is 22.9 Å². The van der Waals surface area contributed by atoms with Crippen molar-refractivity contribution in [3.05, 3.63) is 24.4 Å². The Morgan fingerprint density at radius 1 is 1.14 bits per heavy atom. The van der Waals surface area contributed by atoms with Crippen LogP contribution in [0.5, 0.6) is 11.8 Å². The molecule has 7 heteroatoms. The van der Waals surface area contributed by atoms with Gasteiger partial charge in [-0.3, -0.25) is 0 Å². The largest absolute Gasteiger partial charge is 0.496 e. The molecule has 0 aliphatic carbocycles. The molecule has 3 rings (SSSR count). The molecule has 0 aliphatic rings. The quantitative estimate of drug-likeness (QED) is 0.747. The predicted octanol–water partition coefficient (Wildman–Crippen LogP) is 2.76. The van der Waals surface area contributed by atoms with Crippen LogP contribution in [0.3, 0.4) is 0 Å². The smallest absolute Gasteiger partial charge is 0.318 e. The van der Waals surface area contributed by atoms with E-state index < -0.39 is 0 Å². The van der Waals surface area contributed by atoms with Crippen molar-refractivity contribution in [1.29, 1.82) is 0 Å². The lowest BCUT2D eigenvalue weighted by molar-refractivity contribution is 0.381. The SMILES string of the molecule is COc1ncc2[nH]c(-c3ccc(SC)cc3OC)nc2n1. The van der Waals surface area contributed by atoms with Crippen LogP contribution in [-0.4, -0.2) is 40.4 Å². The third-order valence-corrected chi connectivity index (χ3v) is 3.79. The highest BCUT2D eigenvalue weighted by molar-refractivity contribution is 7.98. The number of nitrogens with zero attached hydrogens (tertiary/aromatic N) is 3. The summed E-state index contributed by atoms with van der Waals surface area (Å²) in [5.41, 5.74) is 2.20. The van der Waals surface area contributed by atoms with E-state index in [2.05, 4.69) is 19.9 Å². The Labute approximate surface area is 125 Å². The molecular formula is C14H14N4O2S. The summed E-state index contributed by atoms with van der Waals surface area (Å²) >= 11 is 1.66. The normalized spacial score (nSPS) is 10.8. The topological polar surface area (TPSA) is 72.9 Å². The average Bonchev–Trinajstić information content (AvgIpc) is 2.96. The van der Waals surface area contributed by atoms with Crippen molar-refractivity contribution < 1.29 is 9.47 Å². The highest BCUT2D eigenvalue weighted by Crippen LogP contribution is 2.32. The van der Waals surface area contributed by atoms with Gasteiger partial charge in [-0.1, -0.05) is 0 Å². The lowest BCUT2D eigenvalue weighted by Gasteiger charge is -2.07. The molecule has 6 nitrogen and oxygen atoms in total. The van der Waals surface area contributed by atoms with Crippen LogP contribution in [0.4, 0.5) is 0 Å². The maximum Gasteiger partial charge on any atom is 0.318 e. The molecule has 0 saturated carbocycles. The maximum atomic E-state index is 5.45. The summed E-state index contributed by atoms with van der Waals surface area (Å²) in [7, 11) is 3.17. The fraction of sp³-hybridized carbons (Fsp3) is 0.214. The molecular weight excluding hydrogens is 288 g/mol. The lowest BCUT2D eigenvalue weighted by atomic mass is 10.2. The second kappa shape index (κ2) is 5.61. The number of rotatable bonds is 4. The number of fused-ring (bicyclic) bond motifs is 1. The second-order valence-corrected chi connectivity index (χ2v) is 5.13.